The molecule has 0 saturated carbocycles. The summed E-state index contributed by atoms with van der Waals surface area (Å²) in [5, 5.41) is 4.85. The summed E-state index contributed by atoms with van der Waals surface area (Å²) in [6.45, 7) is 9.51. The van der Waals surface area contributed by atoms with Crippen LogP contribution in [-0.4, -0.2) is 9.97 Å². The Kier molecular flexibility index (Phi) is 6.98. The lowest BCUT2D eigenvalue weighted by molar-refractivity contribution is 0.652. The van der Waals surface area contributed by atoms with Gasteiger partial charge in [-0.3, -0.25) is 4.98 Å². The summed E-state index contributed by atoms with van der Waals surface area (Å²) >= 11 is 0. The van der Waals surface area contributed by atoms with Crippen LogP contribution in [0.25, 0.3) is 88.7 Å². The second-order valence-electron chi connectivity index (χ2n) is 16.6. The van der Waals surface area contributed by atoms with Gasteiger partial charge in [0.25, 0.3) is 0 Å². The average molecular weight is 717 g/mol. The van der Waals surface area contributed by atoms with Crippen LogP contribution in [0.5, 0.6) is 0 Å². The fourth-order valence-corrected chi connectivity index (χ4v) is 9.73. The van der Waals surface area contributed by atoms with Crippen molar-refractivity contribution in [2.45, 2.75) is 38.5 Å². The fraction of sp³-hybridized carbons (Fsp3) is 0.111. The third kappa shape index (κ3) is 4.82. The molecule has 0 unspecified atom stereocenters. The monoisotopic (exact) mass is 716 g/mol. The third-order valence-electron chi connectivity index (χ3n) is 12.7. The van der Waals surface area contributed by atoms with E-state index < -0.39 is 0 Å². The number of aromatic nitrogens is 2. The maximum atomic E-state index is 5.47. The summed E-state index contributed by atoms with van der Waals surface area (Å²) in [6, 6.07) is 60.0. The SMILES string of the molecule is CC1(C)c2ccccc2-c2cc3c(cc21)-c1ccc(-c2cc(-c4cccc5ccccc45)cc(-c4ccnc(-c5cccc6ccccc56)c4)n2)cc1C3(C)C. The molecule has 0 N–H and O–H groups in total. The molecular formula is C54H40N2. The highest BCUT2D eigenvalue weighted by Crippen LogP contribution is 2.56. The van der Waals surface area contributed by atoms with E-state index in [4.69, 9.17) is 9.97 Å². The molecule has 0 saturated heterocycles. The number of rotatable bonds is 4. The largest absolute Gasteiger partial charge is 0.256 e. The number of fused-ring (bicyclic) bond motifs is 8. The summed E-state index contributed by atoms with van der Waals surface area (Å²) < 4.78 is 0. The van der Waals surface area contributed by atoms with Gasteiger partial charge in [-0.25, -0.2) is 4.98 Å². The van der Waals surface area contributed by atoms with E-state index in [1.165, 1.54) is 71.6 Å². The molecule has 9 aromatic rings. The van der Waals surface area contributed by atoms with Gasteiger partial charge in [0.15, 0.2) is 0 Å². The zero-order valence-electron chi connectivity index (χ0n) is 32.1. The van der Waals surface area contributed by atoms with E-state index >= 15 is 0 Å². The van der Waals surface area contributed by atoms with Crippen LogP contribution in [0.4, 0.5) is 0 Å². The van der Waals surface area contributed by atoms with E-state index in [0.29, 0.717) is 0 Å². The van der Waals surface area contributed by atoms with Crippen molar-refractivity contribution in [3.63, 3.8) is 0 Å². The Bertz CT molecular complexity index is 3080. The van der Waals surface area contributed by atoms with Gasteiger partial charge in [0.1, 0.15) is 0 Å². The summed E-state index contributed by atoms with van der Waals surface area (Å²) in [4.78, 5) is 10.3. The molecule has 0 radical (unpaired) electrons. The lowest BCUT2D eigenvalue weighted by Crippen LogP contribution is -2.17. The first-order valence-corrected chi connectivity index (χ1v) is 19.6. The molecule has 2 nitrogen and oxygen atoms in total. The van der Waals surface area contributed by atoms with Gasteiger partial charge in [-0.2, -0.15) is 0 Å². The minimum atomic E-state index is -0.175. The van der Waals surface area contributed by atoms with E-state index in [0.717, 1.165) is 39.3 Å². The molecule has 2 aliphatic carbocycles. The zero-order chi connectivity index (χ0) is 37.8. The Morgan fingerprint density at radius 2 is 0.839 bits per heavy atom. The van der Waals surface area contributed by atoms with Gasteiger partial charge in [-0.1, -0.05) is 149 Å². The van der Waals surface area contributed by atoms with Crippen molar-refractivity contribution in [3.05, 3.63) is 192 Å². The highest BCUT2D eigenvalue weighted by molar-refractivity contribution is 5.99. The predicted molar refractivity (Wildman–Crippen MR) is 234 cm³/mol. The molecule has 11 rings (SSSR count). The quantitative estimate of drug-likeness (QED) is 0.181. The van der Waals surface area contributed by atoms with E-state index in [-0.39, 0.29) is 10.8 Å². The van der Waals surface area contributed by atoms with Crippen molar-refractivity contribution < 1.29 is 0 Å². The number of hydrogen-bond acceptors (Lipinski definition) is 2. The number of nitrogens with zero attached hydrogens (tertiary/aromatic N) is 2. The molecule has 0 amide bonds. The van der Waals surface area contributed by atoms with Crippen molar-refractivity contribution in [1.82, 2.24) is 9.97 Å². The number of hydrogen-bond donors (Lipinski definition) is 0. The maximum absolute atomic E-state index is 5.47. The summed E-state index contributed by atoms with van der Waals surface area (Å²) in [5.41, 5.74) is 19.2. The van der Waals surface area contributed by atoms with Crippen molar-refractivity contribution in [2.24, 2.45) is 0 Å². The van der Waals surface area contributed by atoms with Crippen LogP contribution in [0.1, 0.15) is 49.9 Å². The smallest absolute Gasteiger partial charge is 0.0717 e. The van der Waals surface area contributed by atoms with Crippen LogP contribution in [-0.2, 0) is 10.8 Å². The minimum Gasteiger partial charge on any atom is -0.256 e. The van der Waals surface area contributed by atoms with Crippen LogP contribution in [0.3, 0.4) is 0 Å². The van der Waals surface area contributed by atoms with Crippen LogP contribution < -0.4 is 0 Å². The van der Waals surface area contributed by atoms with Gasteiger partial charge < -0.3 is 0 Å². The number of pyridine rings is 2. The molecule has 2 heteroatoms. The van der Waals surface area contributed by atoms with Gasteiger partial charge in [0.2, 0.25) is 0 Å². The Morgan fingerprint density at radius 1 is 0.339 bits per heavy atom. The fourth-order valence-electron chi connectivity index (χ4n) is 9.73. The van der Waals surface area contributed by atoms with E-state index in [1.807, 2.05) is 6.20 Å². The Morgan fingerprint density at radius 3 is 1.55 bits per heavy atom. The second kappa shape index (κ2) is 11.9. The van der Waals surface area contributed by atoms with Crippen LogP contribution >= 0.6 is 0 Å². The van der Waals surface area contributed by atoms with Gasteiger partial charge >= 0.3 is 0 Å². The van der Waals surface area contributed by atoms with Crippen LogP contribution in [0.2, 0.25) is 0 Å². The highest BCUT2D eigenvalue weighted by Gasteiger charge is 2.41. The Labute approximate surface area is 328 Å². The van der Waals surface area contributed by atoms with Crippen LogP contribution in [0, 0.1) is 0 Å². The summed E-state index contributed by atoms with van der Waals surface area (Å²) in [6.07, 6.45) is 1.92. The first-order chi connectivity index (χ1) is 27.3. The normalized spacial score (nSPS) is 14.4. The first-order valence-electron chi connectivity index (χ1n) is 19.6. The van der Waals surface area contributed by atoms with Gasteiger partial charge in [0, 0.05) is 33.7 Å². The molecule has 2 aromatic heterocycles. The molecule has 2 heterocycles. The Balaban J connectivity index is 1.08. The van der Waals surface area contributed by atoms with Crippen molar-refractivity contribution >= 4 is 21.5 Å². The topological polar surface area (TPSA) is 25.8 Å². The molecule has 0 bridgehead atoms. The van der Waals surface area contributed by atoms with Gasteiger partial charge in [-0.05, 0) is 120 Å². The lowest BCUT2D eigenvalue weighted by atomic mass is 9.79. The standard InChI is InChI=1S/C54H40N2/c1-53(2)46-22-10-9-19-41(46)44-31-49-45(32-48(44)53)42-24-23-35(27-47(42)54(49,3)4)50-29-37(40-20-11-15-33-13-5-7-17-38(33)40)30-51(56-50)36-25-26-55-52(28-36)43-21-12-16-34-14-6-8-18-39(34)43/h5-32H,1-4H3. The van der Waals surface area contributed by atoms with Crippen LogP contribution in [0.15, 0.2) is 170 Å². The predicted octanol–water partition coefficient (Wildman–Crippen LogP) is 14.1. The van der Waals surface area contributed by atoms with Crippen molar-refractivity contribution in [2.75, 3.05) is 0 Å². The minimum absolute atomic E-state index is 0.0450. The van der Waals surface area contributed by atoms with E-state index in [2.05, 4.69) is 191 Å². The van der Waals surface area contributed by atoms with E-state index in [1.54, 1.807) is 0 Å². The maximum Gasteiger partial charge on any atom is 0.0717 e. The molecule has 266 valence electrons. The molecular weight excluding hydrogens is 677 g/mol. The van der Waals surface area contributed by atoms with Crippen molar-refractivity contribution in [1.29, 1.82) is 0 Å². The molecule has 0 aliphatic heterocycles. The third-order valence-corrected chi connectivity index (χ3v) is 12.7. The van der Waals surface area contributed by atoms with Gasteiger partial charge in [-0.15, -0.1) is 0 Å². The number of benzene rings is 7. The molecule has 56 heavy (non-hydrogen) atoms. The summed E-state index contributed by atoms with van der Waals surface area (Å²) in [5.74, 6) is 0. The van der Waals surface area contributed by atoms with Gasteiger partial charge in [0.05, 0.1) is 17.1 Å². The second-order valence-corrected chi connectivity index (χ2v) is 16.6. The average Bonchev–Trinajstić information content (AvgIpc) is 3.61. The zero-order valence-corrected chi connectivity index (χ0v) is 32.1. The molecule has 7 aromatic carbocycles. The molecule has 0 spiro atoms. The molecule has 2 aliphatic rings. The van der Waals surface area contributed by atoms with Crippen molar-refractivity contribution in [3.8, 4) is 67.2 Å². The first kappa shape index (κ1) is 32.8. The lowest BCUT2D eigenvalue weighted by Gasteiger charge is -2.24. The highest BCUT2D eigenvalue weighted by atomic mass is 14.7. The molecule has 0 fully saturated rings. The summed E-state index contributed by atoms with van der Waals surface area (Å²) in [7, 11) is 0. The Hall–Kier alpha value is -6.64. The molecule has 0 atom stereocenters. The van der Waals surface area contributed by atoms with E-state index in [9.17, 15) is 0 Å².